The molecule has 0 radical (unpaired) electrons. The zero-order valence-corrected chi connectivity index (χ0v) is 78.6. The number of unbranched alkanes of at least 4 members (excludes halogenated alkanes) is 4. The first kappa shape index (κ1) is 106. The molecule has 3 aromatic rings. The summed E-state index contributed by atoms with van der Waals surface area (Å²) in [4.78, 5) is 65.6. The second-order valence-corrected chi connectivity index (χ2v) is 35.6. The van der Waals surface area contributed by atoms with Crippen molar-refractivity contribution in [1.82, 2.24) is 71.6 Å². The zero-order valence-electron chi connectivity index (χ0n) is 78.6. The van der Waals surface area contributed by atoms with Gasteiger partial charge in [0.25, 0.3) is 0 Å². The van der Waals surface area contributed by atoms with Crippen LogP contribution >= 0.6 is 0 Å². The van der Waals surface area contributed by atoms with Crippen LogP contribution in [-0.4, -0.2) is 399 Å². The minimum Gasteiger partial charge on any atom is -0.377 e. The van der Waals surface area contributed by atoms with Gasteiger partial charge >= 0.3 is 0 Å². The van der Waals surface area contributed by atoms with E-state index in [-0.39, 0.29) is 115 Å². The summed E-state index contributed by atoms with van der Waals surface area (Å²) in [6, 6.07) is -1.57. The number of amides is 5. The van der Waals surface area contributed by atoms with Crippen LogP contribution in [0.3, 0.4) is 0 Å². The first-order chi connectivity index (χ1) is 64.7. The fourth-order valence-electron chi connectivity index (χ4n) is 17.0. The Morgan fingerprint density at radius 3 is 1.03 bits per heavy atom. The average Bonchev–Trinajstić information content (AvgIpc) is 1.58. The van der Waals surface area contributed by atoms with Gasteiger partial charge < -0.3 is 154 Å². The fourth-order valence-corrected chi connectivity index (χ4v) is 17.0. The van der Waals surface area contributed by atoms with E-state index < -0.39 is 113 Å². The standard InChI is InChI=1S/C85H139N17O32/c1-59(103)89-67-70-73(129-79(4,5)126-70)83(56-123-76(67)132-83)53-117-41-38-114-35-32-111-29-26-108-23-20-100-44-62(93-97-100)47-120-50-82(92-66(107)17-13-10-14-18-87-65(106)16-12-11-15-19-88-96-86,51-121-48-63-45-101(98-94-63)21-24-109-27-30-112-33-36-115-39-42-118-54-84-57-124-77(133-84)68(90-60(2)104)71-74(84)130-80(6,7)127-71)52-122-49-64-46-102(99-95-64)22-25-110-28-31-113-34-37-116-40-43-119-55-85-58-125-78(134-85)69(91-61(3)105)72-75(85)131-81(8,9)128-72/h44-46,67-78H,10-43,47-58H2,1-9H3,(H,87,106)(H,89,103)(H,90,104)(H,91,105)(H,92,107)/t67-,68-,69-,70-,71-,72-,73-,74-,75-,76+,77+,78+,83+,84+,85+/m1/s1. The summed E-state index contributed by atoms with van der Waals surface area (Å²) in [6.07, 6.45) is 4.71. The molecule has 0 unspecified atom stereocenters. The van der Waals surface area contributed by atoms with Gasteiger partial charge in [0, 0.05) is 51.6 Å². The molecule has 3 aromatic heterocycles. The van der Waals surface area contributed by atoms with Crippen LogP contribution in [0.25, 0.3) is 10.4 Å². The lowest BCUT2D eigenvalue weighted by Gasteiger charge is -2.42. The third kappa shape index (κ3) is 32.5. The predicted molar refractivity (Wildman–Crippen MR) is 459 cm³/mol. The summed E-state index contributed by atoms with van der Waals surface area (Å²) in [5.74, 6) is -3.65. The minimum atomic E-state index is -1.30. The number of rotatable bonds is 70. The Labute approximate surface area is 778 Å². The molecule has 49 heteroatoms. The van der Waals surface area contributed by atoms with E-state index in [2.05, 4.69) is 67.5 Å². The minimum absolute atomic E-state index is 0.00000663. The third-order valence-electron chi connectivity index (χ3n) is 23.0. The number of hydrogen-bond donors (Lipinski definition) is 5. The quantitative estimate of drug-likeness (QED) is 0.0222. The Balaban J connectivity index is 0.568. The molecule has 0 aromatic carbocycles. The number of aromatic nitrogens is 9. The van der Waals surface area contributed by atoms with E-state index in [9.17, 15) is 24.0 Å². The van der Waals surface area contributed by atoms with Gasteiger partial charge in [0.05, 0.1) is 256 Å². The van der Waals surface area contributed by atoms with E-state index in [0.717, 1.165) is 6.42 Å². The van der Waals surface area contributed by atoms with E-state index in [4.69, 9.17) is 133 Å². The summed E-state index contributed by atoms with van der Waals surface area (Å²) in [5, 5.41) is 44.4. The van der Waals surface area contributed by atoms with E-state index in [1.54, 1.807) is 32.6 Å². The molecule has 49 nitrogen and oxygen atoms in total. The highest BCUT2D eigenvalue weighted by Gasteiger charge is 2.69. The maximum absolute atomic E-state index is 14.3. The topological polar surface area (TPSA) is 536 Å². The van der Waals surface area contributed by atoms with E-state index >= 15 is 0 Å². The average molecular weight is 1910 g/mol. The Hall–Kier alpha value is -7.00. The molecule has 0 spiro atoms. The molecule has 5 amide bonds. The monoisotopic (exact) mass is 1910 g/mol. The molecular weight excluding hydrogens is 1770 g/mol. The first-order valence-electron chi connectivity index (χ1n) is 46.4. The molecule has 0 saturated carbocycles. The lowest BCUT2D eigenvalue weighted by molar-refractivity contribution is -0.214. The highest BCUT2D eigenvalue weighted by Crippen LogP contribution is 2.50. The van der Waals surface area contributed by atoms with Gasteiger partial charge in [-0.15, -0.1) is 15.3 Å². The van der Waals surface area contributed by atoms with Crippen molar-refractivity contribution < 1.29 is 152 Å². The molecule has 12 heterocycles. The molecule has 15 atom stereocenters. The number of ether oxygens (including phenoxy) is 27. The molecule has 12 rings (SSSR count). The first-order valence-corrected chi connectivity index (χ1v) is 46.4. The number of nitrogens with zero attached hydrogens (tertiary/aromatic N) is 12. The third-order valence-corrected chi connectivity index (χ3v) is 23.0. The van der Waals surface area contributed by atoms with Crippen molar-refractivity contribution in [3.05, 3.63) is 46.1 Å². The van der Waals surface area contributed by atoms with Crippen molar-refractivity contribution in [2.75, 3.05) is 211 Å². The van der Waals surface area contributed by atoms with Crippen LogP contribution in [0.5, 0.6) is 0 Å². The van der Waals surface area contributed by atoms with Crippen molar-refractivity contribution in [1.29, 1.82) is 0 Å². The summed E-state index contributed by atoms with van der Waals surface area (Å²) >= 11 is 0. The summed E-state index contributed by atoms with van der Waals surface area (Å²) in [6.45, 7) is 25.0. The summed E-state index contributed by atoms with van der Waals surface area (Å²) < 4.78 is 168. The molecular formula is C85H139N17O32. The van der Waals surface area contributed by atoms with Crippen molar-refractivity contribution >= 4 is 29.5 Å². The Kier molecular flexibility index (Phi) is 41.8. The van der Waals surface area contributed by atoms with Gasteiger partial charge in [0.2, 0.25) is 29.5 Å². The highest BCUT2D eigenvalue weighted by atomic mass is 16.8. The van der Waals surface area contributed by atoms with Gasteiger partial charge in [-0.05, 0) is 72.8 Å². The smallest absolute Gasteiger partial charge is 0.220 e. The van der Waals surface area contributed by atoms with Crippen molar-refractivity contribution in [2.45, 2.75) is 266 Å². The van der Waals surface area contributed by atoms with E-state index in [0.29, 0.717) is 227 Å². The zero-order chi connectivity index (χ0) is 94.7. The predicted octanol–water partition coefficient (Wildman–Crippen LogP) is 0.463. The van der Waals surface area contributed by atoms with Crippen molar-refractivity contribution in [3.63, 3.8) is 0 Å². The van der Waals surface area contributed by atoms with Crippen molar-refractivity contribution in [3.8, 4) is 0 Å². The number of hydrogen-bond acceptors (Lipinski definition) is 39. The lowest BCUT2D eigenvalue weighted by Crippen LogP contribution is -2.65. The van der Waals surface area contributed by atoms with Crippen LogP contribution in [-0.2, 0) is 191 Å². The van der Waals surface area contributed by atoms with Crippen LogP contribution in [0.1, 0.15) is 131 Å². The summed E-state index contributed by atoms with van der Waals surface area (Å²) in [7, 11) is 0. The molecule has 756 valence electrons. The van der Waals surface area contributed by atoms with Crippen LogP contribution in [0.15, 0.2) is 23.7 Å². The molecule has 9 fully saturated rings. The number of azide groups is 1. The van der Waals surface area contributed by atoms with Gasteiger partial charge in [-0.2, -0.15) is 0 Å². The second-order valence-electron chi connectivity index (χ2n) is 35.6. The largest absolute Gasteiger partial charge is 0.377 e. The lowest BCUT2D eigenvalue weighted by atomic mass is 9.88. The second kappa shape index (κ2) is 52.9. The SMILES string of the molecule is CC(=O)N[C@H]1[C@H]2OC[C@](COCCOCCOCCOCCn3cc(COCC(COCc4cn(CCOCCOCCOCCOC[C@@]56CO[C@@H](O5)[C@H](NC(C)=O)[C@H]5OC(C)(C)O[C@H]56)nn4)(COCc4cn(CCOCCOCCOCCOC[C@@]56CO[C@@H](O5)[C@H](NC(C)=O)[C@H]5OC(C)(C)O[C@H]56)nn4)NC(=O)CCCCCNC(=O)CCCCCN=[N+]=[N-])nn3)(O2)[C@@H]2OC(C)(C)O[C@H]12. The van der Waals surface area contributed by atoms with Crippen LogP contribution in [0, 0.1) is 0 Å². The van der Waals surface area contributed by atoms with Gasteiger partial charge in [-0.25, -0.2) is 14.0 Å². The Morgan fingerprint density at radius 2 is 0.709 bits per heavy atom. The van der Waals surface area contributed by atoms with Gasteiger partial charge in [-0.1, -0.05) is 33.6 Å². The van der Waals surface area contributed by atoms with Gasteiger partial charge in [0.1, 0.15) is 94.2 Å². The molecule has 134 heavy (non-hydrogen) atoms. The molecule has 9 aliphatic heterocycles. The van der Waals surface area contributed by atoms with Gasteiger partial charge in [-0.3, -0.25) is 24.0 Å². The fraction of sp³-hybridized carbons (Fsp3) is 0.871. The normalized spacial score (nSPS) is 27.1. The van der Waals surface area contributed by atoms with Crippen LogP contribution < -0.4 is 26.6 Å². The van der Waals surface area contributed by atoms with E-state index in [1.165, 1.54) is 20.8 Å². The highest BCUT2D eigenvalue weighted by molar-refractivity contribution is 5.77. The maximum Gasteiger partial charge on any atom is 0.220 e. The molecule has 9 aliphatic rings. The Morgan fingerprint density at radius 1 is 0.403 bits per heavy atom. The van der Waals surface area contributed by atoms with E-state index in [1.807, 2.05) is 41.5 Å². The number of carbonyl (C=O) groups excluding carboxylic acids is 5. The summed E-state index contributed by atoms with van der Waals surface area (Å²) in [5.41, 5.74) is 6.09. The van der Waals surface area contributed by atoms with Crippen molar-refractivity contribution in [2.24, 2.45) is 5.11 Å². The molecule has 0 aliphatic carbocycles. The number of nitrogens with one attached hydrogen (secondary N) is 5. The van der Waals surface area contributed by atoms with Gasteiger partial charge in [0.15, 0.2) is 36.2 Å². The number of fused-ring (bicyclic) bond motifs is 12. The molecule has 9 saturated heterocycles. The molecule has 5 N–H and O–H groups in total. The Bertz CT molecular complexity index is 3750. The number of carbonyl (C=O) groups is 5. The maximum atomic E-state index is 14.3. The van der Waals surface area contributed by atoms with Crippen LogP contribution in [0.4, 0.5) is 0 Å². The van der Waals surface area contributed by atoms with Crippen LogP contribution in [0.2, 0.25) is 0 Å². The molecule has 6 bridgehead atoms.